The van der Waals surface area contributed by atoms with Crippen LogP contribution in [0, 0.1) is 41.5 Å². The van der Waals surface area contributed by atoms with E-state index in [0.29, 0.717) is 116 Å². The summed E-state index contributed by atoms with van der Waals surface area (Å²) in [6.07, 6.45) is 7.62. The molecule has 7 amide bonds. The fourth-order valence-corrected chi connectivity index (χ4v) is 19.4. The molecule has 1 fully saturated rings. The van der Waals surface area contributed by atoms with Crippen LogP contribution in [-0.4, -0.2) is 297 Å². The second-order valence-electron chi connectivity index (χ2n) is 32.0. The Morgan fingerprint density at radius 1 is 0.504 bits per heavy atom. The zero-order valence-corrected chi connectivity index (χ0v) is 77.2. The molecular weight excluding hydrogens is 1760 g/mol. The van der Waals surface area contributed by atoms with Crippen molar-refractivity contribution < 1.29 is 92.6 Å². The molecule has 43 nitrogen and oxygen atoms in total. The van der Waals surface area contributed by atoms with Crippen molar-refractivity contribution in [3.8, 4) is 0 Å². The Balaban J connectivity index is 0.924. The number of carbonyl (C=O) groups is 9. The summed E-state index contributed by atoms with van der Waals surface area (Å²) in [7, 11) is -11.0. The predicted molar refractivity (Wildman–Crippen MR) is 486 cm³/mol. The van der Waals surface area contributed by atoms with Crippen LogP contribution in [-0.2, 0) is 99.4 Å². The maximum Gasteiger partial charge on any atom is 0.323 e. The molecule has 0 radical (unpaired) electrons. The second-order valence-corrected chi connectivity index (χ2v) is 36.8. The third kappa shape index (κ3) is 29.8. The van der Waals surface area contributed by atoms with Crippen LogP contribution < -0.4 is 68.2 Å². The number of H-pyrrole nitrogens is 2. The molecule has 5 atom stereocenters. The molecule has 1 saturated heterocycles. The molecule has 8 aromatic rings. The van der Waals surface area contributed by atoms with E-state index in [1.54, 1.807) is 134 Å². The van der Waals surface area contributed by atoms with Crippen LogP contribution in [0.5, 0.6) is 0 Å². The zero-order valence-electron chi connectivity index (χ0n) is 74.7. The molecule has 4 aromatic carbocycles. The number of hydrogen-bond acceptors (Lipinski definition) is 27. The summed E-state index contributed by atoms with van der Waals surface area (Å²) in [5, 5.41) is 44.4. The lowest BCUT2D eigenvalue weighted by Crippen LogP contribution is -2.57. The molecule has 5 heterocycles. The third-order valence-electron chi connectivity index (χ3n) is 21.8. The number of rotatable bonds is 46. The molecule has 16 N–H and O–H groups in total. The van der Waals surface area contributed by atoms with Gasteiger partial charge in [0.1, 0.15) is 47.1 Å². The lowest BCUT2D eigenvalue weighted by atomic mass is 10.1. The molecule has 712 valence electrons. The SMILES string of the molecule is CC[C@H](NC(=O)CC[C@H](NC(=O)CN1CCN(CC)CCN(COC)CCN(COC)CC1)C(=O)N[C@@H](CS(=O)(=O)O)C(=O)NCCn1cc(C(=O)NCC(NS(=O)(=O)c2c(C)cc(C)cc2C)C(=O)O)c(=O)c2ccc(CNc3ncc[nH]3)cc21)C(=O)NCCCn1cc(C(=O)NCC(NS(=O)(=O)c2c(C)cc(C)cc2C)C(=O)O)c(=O)c2ccc(CNc3ncc[nH]3)cc21. The Hall–Kier alpha value is -12.0. The summed E-state index contributed by atoms with van der Waals surface area (Å²) in [6, 6.07) is 6.97. The number of nitrogens with zero attached hydrogens (tertiary/aromatic N) is 8. The standard InChI is InChI=1S/C85H117N21O22S3/c1-11-64(79(113)86-20-13-26-105-46-62(73(109)60-16-14-58(40-69(60)105)42-94-84-88-21-22-89-84)77(111)92-44-66(82(116)117)99-130(123,124)75-54(5)36-52(3)37-55(75)6)96-71(107)19-18-65(97-72(108)48-102-30-28-101(12-2)29-32-103(50-127-9)34-35-104(33-31-102)51-128-10)81(115)98-68(49-129(120,121)122)80(114)87-25-27-106-47-63(74(110)61-17-15-59(41-70(61)106)43-95-85-90-23-24-91-85)78(112)93-45-67(83(118)119)100-131(125,126)76-56(7)38-53(4)39-57(76)8/h14-17,21-24,36-41,46-47,64-68,99-100H,11-13,18-20,25-35,42-45,48-51H2,1-10H3,(H,86,113)(H,87,114)(H,92,111)(H,93,112)(H,96,107)(H,97,108)(H,98,115)(H,116,117)(H,118,119)(H2,88,89,94)(H2,90,91,95)(H,120,121,122)/t64-,65-,66?,67?,68-/m0/s1. The smallest absolute Gasteiger partial charge is 0.323 e. The van der Waals surface area contributed by atoms with Crippen molar-refractivity contribution in [3.05, 3.63) is 174 Å². The van der Waals surface area contributed by atoms with Crippen LogP contribution in [0.1, 0.15) is 105 Å². The van der Waals surface area contributed by atoms with E-state index in [1.165, 1.54) is 29.1 Å². The molecule has 46 heteroatoms. The number of benzene rings is 4. The summed E-state index contributed by atoms with van der Waals surface area (Å²) < 4.78 is 109. The Morgan fingerprint density at radius 2 is 0.931 bits per heavy atom. The first-order valence-corrected chi connectivity index (χ1v) is 47.0. The minimum atomic E-state index is -5.17. The molecular formula is C85H117N21O22S3. The summed E-state index contributed by atoms with van der Waals surface area (Å²) >= 11 is 0. The van der Waals surface area contributed by atoms with Crippen molar-refractivity contribution in [1.29, 1.82) is 0 Å². The van der Waals surface area contributed by atoms with E-state index >= 15 is 0 Å². The van der Waals surface area contributed by atoms with Crippen LogP contribution >= 0.6 is 0 Å². The molecule has 9 rings (SSSR count). The lowest BCUT2D eigenvalue weighted by Gasteiger charge is -2.33. The van der Waals surface area contributed by atoms with E-state index in [2.05, 4.69) is 87.0 Å². The van der Waals surface area contributed by atoms with Gasteiger partial charge in [0.2, 0.25) is 60.4 Å². The topological polar surface area (TPSA) is 582 Å². The average molecular weight is 1880 g/mol. The highest BCUT2D eigenvalue weighted by atomic mass is 32.2. The number of nitrogens with one attached hydrogen (secondary N) is 13. The second kappa shape index (κ2) is 47.7. The summed E-state index contributed by atoms with van der Waals surface area (Å²) in [5.74, 6) is -10.7. The largest absolute Gasteiger partial charge is 0.480 e. The Bertz CT molecular complexity index is 5850. The molecule has 0 aliphatic carbocycles. The maximum absolute atomic E-state index is 14.9. The number of sulfonamides is 2. The van der Waals surface area contributed by atoms with Crippen molar-refractivity contribution in [2.75, 3.05) is 136 Å². The minimum absolute atomic E-state index is 0.00843. The fourth-order valence-electron chi connectivity index (χ4n) is 15.4. The number of aromatic amines is 2. The van der Waals surface area contributed by atoms with E-state index in [0.717, 1.165) is 17.3 Å². The van der Waals surface area contributed by atoms with Crippen molar-refractivity contribution >= 4 is 117 Å². The van der Waals surface area contributed by atoms with Gasteiger partial charge in [0.05, 0.1) is 40.8 Å². The third-order valence-corrected chi connectivity index (χ3v) is 26.2. The number of imidazole rings is 2. The highest BCUT2D eigenvalue weighted by Gasteiger charge is 2.35. The van der Waals surface area contributed by atoms with Gasteiger partial charge in [0.25, 0.3) is 21.9 Å². The predicted octanol–water partition coefficient (Wildman–Crippen LogP) is 0.465. The van der Waals surface area contributed by atoms with Gasteiger partial charge in [-0.1, -0.05) is 61.4 Å². The Morgan fingerprint density at radius 3 is 1.35 bits per heavy atom. The van der Waals surface area contributed by atoms with E-state index < -0.39 is 174 Å². The lowest BCUT2D eigenvalue weighted by molar-refractivity contribution is -0.139. The highest BCUT2D eigenvalue weighted by Crippen LogP contribution is 2.26. The van der Waals surface area contributed by atoms with Crippen LogP contribution in [0.25, 0.3) is 21.8 Å². The van der Waals surface area contributed by atoms with E-state index in [4.69, 9.17) is 9.47 Å². The number of fused-ring (bicyclic) bond motifs is 2. The number of aromatic nitrogens is 6. The van der Waals surface area contributed by atoms with Gasteiger partial charge in [-0.25, -0.2) is 26.8 Å². The number of aryl methyl sites for hydroxylation is 7. The first kappa shape index (κ1) is 103. The van der Waals surface area contributed by atoms with E-state index in [-0.39, 0.29) is 84.9 Å². The monoisotopic (exact) mass is 1880 g/mol. The van der Waals surface area contributed by atoms with Gasteiger partial charge in [-0.2, -0.15) is 17.9 Å². The van der Waals surface area contributed by atoms with Gasteiger partial charge in [0.15, 0.2) is 11.9 Å². The van der Waals surface area contributed by atoms with E-state index in [9.17, 15) is 92.8 Å². The highest BCUT2D eigenvalue weighted by molar-refractivity contribution is 7.90. The molecule has 0 spiro atoms. The van der Waals surface area contributed by atoms with Gasteiger partial charge >= 0.3 is 11.9 Å². The number of hydrogen-bond donors (Lipinski definition) is 16. The quantitative estimate of drug-likeness (QED) is 0.0182. The average Bonchev–Trinajstić information content (AvgIpc) is 1.12. The number of amides is 7. The Kier molecular flexibility index (Phi) is 37.5. The summed E-state index contributed by atoms with van der Waals surface area (Å²) in [4.78, 5) is 177. The van der Waals surface area contributed by atoms with Crippen LogP contribution in [0.2, 0.25) is 0 Å². The number of anilines is 2. The van der Waals surface area contributed by atoms with Gasteiger partial charge in [-0.15, -0.1) is 0 Å². The van der Waals surface area contributed by atoms with Crippen molar-refractivity contribution in [3.63, 3.8) is 0 Å². The summed E-state index contributed by atoms with van der Waals surface area (Å²) in [6.45, 7) is 16.3. The molecule has 1 aliphatic heterocycles. The number of carboxylic acid groups (broad SMARTS) is 2. The van der Waals surface area contributed by atoms with Gasteiger partial charge in [-0.05, 0) is 125 Å². The molecule has 4 aromatic heterocycles. The van der Waals surface area contributed by atoms with E-state index in [1.807, 2.05) is 16.7 Å². The normalized spacial score (nSPS) is 14.8. The van der Waals surface area contributed by atoms with Crippen molar-refractivity contribution in [1.82, 2.24) is 95.3 Å². The minimum Gasteiger partial charge on any atom is -0.480 e. The molecule has 131 heavy (non-hydrogen) atoms. The zero-order chi connectivity index (χ0) is 95.6. The van der Waals surface area contributed by atoms with Crippen molar-refractivity contribution in [2.24, 2.45) is 0 Å². The fraction of sp³-hybridized carbons (Fsp3) is 0.471. The van der Waals surface area contributed by atoms with Crippen LogP contribution in [0.4, 0.5) is 11.9 Å². The van der Waals surface area contributed by atoms with Gasteiger partial charge in [-0.3, -0.25) is 72.0 Å². The van der Waals surface area contributed by atoms with Crippen LogP contribution in [0.15, 0.2) is 117 Å². The summed E-state index contributed by atoms with van der Waals surface area (Å²) in [5.41, 5.74) is 2.12. The number of methoxy groups -OCH3 is 2. The molecule has 2 unspecified atom stereocenters. The maximum atomic E-state index is 14.9. The van der Waals surface area contributed by atoms with Crippen molar-refractivity contribution in [2.45, 2.75) is 147 Å². The first-order chi connectivity index (χ1) is 62.2. The number of carbonyl (C=O) groups excluding carboxylic acids is 7. The number of carboxylic acids is 2. The number of likely N-dealkylation sites (N-methyl/N-ethyl adjacent to an activating group) is 1. The van der Waals surface area contributed by atoms with Crippen LogP contribution in [0.3, 0.4) is 0 Å². The Labute approximate surface area is 758 Å². The number of ether oxygens (including phenoxy) is 2. The molecule has 1 aliphatic rings. The number of aliphatic carboxylic acids is 2. The molecule has 0 bridgehead atoms. The first-order valence-electron chi connectivity index (χ1n) is 42.5. The van der Waals surface area contributed by atoms with Gasteiger partial charge in [0, 0.05) is 173 Å². The number of pyridine rings is 2. The molecule has 0 saturated carbocycles. The van der Waals surface area contributed by atoms with Gasteiger partial charge < -0.3 is 91.5 Å².